The second-order valence-corrected chi connectivity index (χ2v) is 8.51. The van der Waals surface area contributed by atoms with Crippen molar-refractivity contribution >= 4 is 15.9 Å². The van der Waals surface area contributed by atoms with Gasteiger partial charge in [0.15, 0.2) is 11.6 Å². The van der Waals surface area contributed by atoms with E-state index in [1.54, 1.807) is 11.0 Å². The molecular formula is C19H20F2N2O3S. The number of piperazine rings is 1. The van der Waals surface area contributed by atoms with E-state index in [1.165, 1.54) is 4.31 Å². The number of sulfonamides is 1. The zero-order valence-corrected chi connectivity index (χ0v) is 15.9. The minimum Gasteiger partial charge on any atom is -0.336 e. The number of carbonyl (C=O) groups excluding carboxylic acids is 1. The van der Waals surface area contributed by atoms with Gasteiger partial charge in [0.05, 0.1) is 4.90 Å². The van der Waals surface area contributed by atoms with Crippen molar-refractivity contribution in [2.24, 2.45) is 0 Å². The summed E-state index contributed by atoms with van der Waals surface area (Å²) in [5.41, 5.74) is 2.67. The fraction of sp³-hybridized carbons (Fsp3) is 0.316. The minimum absolute atomic E-state index is 0.0952. The average Bonchev–Trinajstić information content (AvgIpc) is 2.65. The van der Waals surface area contributed by atoms with E-state index in [1.807, 2.05) is 26.0 Å². The average molecular weight is 394 g/mol. The van der Waals surface area contributed by atoms with Crippen molar-refractivity contribution in [3.63, 3.8) is 0 Å². The van der Waals surface area contributed by atoms with Gasteiger partial charge in [-0.25, -0.2) is 17.2 Å². The number of amides is 1. The van der Waals surface area contributed by atoms with Gasteiger partial charge in [-0.1, -0.05) is 6.07 Å². The van der Waals surface area contributed by atoms with E-state index in [9.17, 15) is 22.0 Å². The van der Waals surface area contributed by atoms with Crippen molar-refractivity contribution in [2.45, 2.75) is 18.7 Å². The van der Waals surface area contributed by atoms with Crippen LogP contribution in [-0.4, -0.2) is 49.7 Å². The lowest BCUT2D eigenvalue weighted by molar-refractivity contribution is 0.0698. The van der Waals surface area contributed by atoms with E-state index in [-0.39, 0.29) is 37.0 Å². The van der Waals surface area contributed by atoms with Crippen LogP contribution in [0.2, 0.25) is 0 Å². The van der Waals surface area contributed by atoms with Crippen LogP contribution >= 0.6 is 0 Å². The Morgan fingerprint density at radius 2 is 1.56 bits per heavy atom. The quantitative estimate of drug-likeness (QED) is 0.804. The van der Waals surface area contributed by atoms with Gasteiger partial charge in [-0.2, -0.15) is 4.31 Å². The Kier molecular flexibility index (Phi) is 5.30. The number of rotatable bonds is 3. The molecule has 3 rings (SSSR count). The molecule has 1 aliphatic rings. The molecule has 0 N–H and O–H groups in total. The largest absolute Gasteiger partial charge is 0.336 e. The van der Waals surface area contributed by atoms with Gasteiger partial charge in [0.25, 0.3) is 5.91 Å². The summed E-state index contributed by atoms with van der Waals surface area (Å²) in [7, 11) is -3.94. The van der Waals surface area contributed by atoms with E-state index in [2.05, 4.69) is 0 Å². The van der Waals surface area contributed by atoms with Gasteiger partial charge in [-0.15, -0.1) is 0 Å². The predicted octanol–water partition coefficient (Wildman–Crippen LogP) is 2.73. The third-order valence-electron chi connectivity index (χ3n) is 4.81. The number of nitrogens with zero attached hydrogens (tertiary/aromatic N) is 2. The van der Waals surface area contributed by atoms with Gasteiger partial charge in [-0.3, -0.25) is 4.79 Å². The molecule has 1 aliphatic heterocycles. The van der Waals surface area contributed by atoms with Crippen LogP contribution in [-0.2, 0) is 10.0 Å². The number of carbonyl (C=O) groups is 1. The number of hydrogen-bond acceptors (Lipinski definition) is 3. The maximum atomic E-state index is 13.4. The smallest absolute Gasteiger partial charge is 0.253 e. The molecule has 0 bridgehead atoms. The Balaban J connectivity index is 1.71. The number of benzene rings is 2. The van der Waals surface area contributed by atoms with Gasteiger partial charge in [0.2, 0.25) is 10.0 Å². The molecule has 2 aromatic carbocycles. The van der Waals surface area contributed by atoms with Crippen molar-refractivity contribution in [2.75, 3.05) is 26.2 Å². The van der Waals surface area contributed by atoms with Crippen LogP contribution in [0.3, 0.4) is 0 Å². The summed E-state index contributed by atoms with van der Waals surface area (Å²) < 4.78 is 52.8. The van der Waals surface area contributed by atoms with Gasteiger partial charge >= 0.3 is 0 Å². The highest BCUT2D eigenvalue weighted by Gasteiger charge is 2.31. The van der Waals surface area contributed by atoms with Gasteiger partial charge in [-0.05, 0) is 55.3 Å². The van der Waals surface area contributed by atoms with Crippen molar-refractivity contribution in [3.8, 4) is 0 Å². The monoisotopic (exact) mass is 394 g/mol. The molecule has 0 radical (unpaired) electrons. The molecule has 0 spiro atoms. The van der Waals surface area contributed by atoms with E-state index in [0.29, 0.717) is 11.6 Å². The molecule has 1 heterocycles. The van der Waals surface area contributed by atoms with Gasteiger partial charge in [0.1, 0.15) is 0 Å². The molecule has 1 amide bonds. The van der Waals surface area contributed by atoms with Gasteiger partial charge in [0, 0.05) is 31.7 Å². The Labute approximate surface area is 157 Å². The summed E-state index contributed by atoms with van der Waals surface area (Å²) in [6, 6.07) is 7.98. The summed E-state index contributed by atoms with van der Waals surface area (Å²) in [5.74, 6) is -2.46. The first-order valence-corrected chi connectivity index (χ1v) is 9.96. The lowest BCUT2D eigenvalue weighted by Gasteiger charge is -2.34. The molecule has 0 unspecified atom stereocenters. The second kappa shape index (κ2) is 7.36. The van der Waals surface area contributed by atoms with Crippen molar-refractivity contribution in [3.05, 3.63) is 64.7 Å². The lowest BCUT2D eigenvalue weighted by Crippen LogP contribution is -2.50. The molecule has 0 saturated carbocycles. The van der Waals surface area contributed by atoms with Crippen molar-refractivity contribution in [1.82, 2.24) is 9.21 Å². The number of hydrogen-bond donors (Lipinski definition) is 0. The second-order valence-electron chi connectivity index (χ2n) is 6.57. The van der Waals surface area contributed by atoms with Crippen LogP contribution in [0.5, 0.6) is 0 Å². The highest BCUT2D eigenvalue weighted by Crippen LogP contribution is 2.21. The van der Waals surface area contributed by atoms with Gasteiger partial charge < -0.3 is 4.90 Å². The van der Waals surface area contributed by atoms with Crippen LogP contribution in [0.1, 0.15) is 21.5 Å². The Bertz CT molecular complexity index is 984. The molecule has 5 nitrogen and oxygen atoms in total. The van der Waals surface area contributed by atoms with E-state index < -0.39 is 21.7 Å². The zero-order valence-electron chi connectivity index (χ0n) is 15.1. The number of aryl methyl sites for hydroxylation is 2. The molecule has 2 aromatic rings. The lowest BCUT2D eigenvalue weighted by atomic mass is 10.1. The molecular weight excluding hydrogens is 374 g/mol. The highest BCUT2D eigenvalue weighted by atomic mass is 32.2. The van der Waals surface area contributed by atoms with Crippen LogP contribution in [0.15, 0.2) is 41.3 Å². The van der Waals surface area contributed by atoms with Crippen LogP contribution in [0, 0.1) is 25.5 Å². The first-order valence-electron chi connectivity index (χ1n) is 8.52. The third-order valence-corrected chi connectivity index (χ3v) is 6.70. The molecule has 144 valence electrons. The maximum Gasteiger partial charge on any atom is 0.253 e. The van der Waals surface area contributed by atoms with Crippen LogP contribution < -0.4 is 0 Å². The SMILES string of the molecule is Cc1ccc(C(=O)N2CCN(S(=O)(=O)c3ccc(F)c(F)c3)CC2)cc1C. The van der Waals surface area contributed by atoms with Crippen LogP contribution in [0.25, 0.3) is 0 Å². The first kappa shape index (κ1) is 19.4. The summed E-state index contributed by atoms with van der Waals surface area (Å²) in [4.78, 5) is 13.9. The van der Waals surface area contributed by atoms with E-state index in [4.69, 9.17) is 0 Å². The molecule has 1 saturated heterocycles. The standard InChI is InChI=1S/C19H20F2N2O3S/c1-13-3-4-15(11-14(13)2)19(24)22-7-9-23(10-8-22)27(25,26)16-5-6-17(20)18(21)12-16/h3-6,11-12H,7-10H2,1-2H3. The number of halogens is 2. The van der Waals surface area contributed by atoms with E-state index in [0.717, 1.165) is 23.3 Å². The third kappa shape index (κ3) is 3.86. The molecule has 1 fully saturated rings. The summed E-state index contributed by atoms with van der Waals surface area (Å²) in [5, 5.41) is 0. The van der Waals surface area contributed by atoms with Crippen molar-refractivity contribution in [1.29, 1.82) is 0 Å². The highest BCUT2D eigenvalue weighted by molar-refractivity contribution is 7.89. The molecule has 0 atom stereocenters. The van der Waals surface area contributed by atoms with E-state index >= 15 is 0 Å². The first-order chi connectivity index (χ1) is 12.7. The summed E-state index contributed by atoms with van der Waals surface area (Å²) in [6.45, 7) is 4.54. The minimum atomic E-state index is -3.94. The summed E-state index contributed by atoms with van der Waals surface area (Å²) in [6.07, 6.45) is 0. The topological polar surface area (TPSA) is 57.7 Å². The zero-order chi connectivity index (χ0) is 19.8. The maximum absolute atomic E-state index is 13.4. The fourth-order valence-corrected chi connectivity index (χ4v) is 4.41. The Morgan fingerprint density at radius 3 is 2.15 bits per heavy atom. The fourth-order valence-electron chi connectivity index (χ4n) is 2.97. The normalized spacial score (nSPS) is 15.8. The predicted molar refractivity (Wildman–Crippen MR) is 96.9 cm³/mol. The molecule has 0 aromatic heterocycles. The molecule has 8 heteroatoms. The van der Waals surface area contributed by atoms with Crippen molar-refractivity contribution < 1.29 is 22.0 Å². The Morgan fingerprint density at radius 1 is 0.889 bits per heavy atom. The Hall–Kier alpha value is -2.32. The van der Waals surface area contributed by atoms with Crippen LogP contribution in [0.4, 0.5) is 8.78 Å². The molecule has 27 heavy (non-hydrogen) atoms. The molecule has 0 aliphatic carbocycles. The summed E-state index contributed by atoms with van der Waals surface area (Å²) >= 11 is 0.